The molecule has 0 aliphatic rings. The second kappa shape index (κ2) is 10.4. The van der Waals surface area contributed by atoms with Gasteiger partial charge in [-0.25, -0.2) is 5.43 Å². The number of hydrogen-bond donors (Lipinski definition) is 1. The first-order chi connectivity index (χ1) is 14.1. The summed E-state index contributed by atoms with van der Waals surface area (Å²) in [5.41, 5.74) is 5.26. The summed E-state index contributed by atoms with van der Waals surface area (Å²) in [6, 6.07) is 23.0. The standard InChI is InChI=1S/C23H21BrN2O3/c1-17-7-2-4-11-21(17)29-16-23(27)26-25-14-19-9-3-5-12-22(19)28-15-18-8-6-10-20(24)13-18/h2-14H,15-16H2,1H3,(H,26,27)/b25-14+. The molecule has 0 bridgehead atoms. The molecule has 0 unspecified atom stereocenters. The number of amides is 1. The maximum absolute atomic E-state index is 12.0. The van der Waals surface area contributed by atoms with Gasteiger partial charge in [0.1, 0.15) is 18.1 Å². The third-order valence-corrected chi connectivity index (χ3v) is 4.54. The lowest BCUT2D eigenvalue weighted by Gasteiger charge is -2.09. The quantitative estimate of drug-likeness (QED) is 0.391. The smallest absolute Gasteiger partial charge is 0.277 e. The van der Waals surface area contributed by atoms with Crippen molar-refractivity contribution in [3.8, 4) is 11.5 Å². The molecule has 5 nitrogen and oxygen atoms in total. The van der Waals surface area contributed by atoms with Crippen molar-refractivity contribution in [3.63, 3.8) is 0 Å². The average Bonchev–Trinajstić information content (AvgIpc) is 2.72. The van der Waals surface area contributed by atoms with Crippen molar-refractivity contribution < 1.29 is 14.3 Å². The summed E-state index contributed by atoms with van der Waals surface area (Å²) >= 11 is 3.45. The topological polar surface area (TPSA) is 59.9 Å². The number of rotatable bonds is 8. The largest absolute Gasteiger partial charge is 0.488 e. The second-order valence-electron chi connectivity index (χ2n) is 6.30. The van der Waals surface area contributed by atoms with Gasteiger partial charge in [-0.2, -0.15) is 5.10 Å². The van der Waals surface area contributed by atoms with Crippen LogP contribution in [0, 0.1) is 6.92 Å². The highest BCUT2D eigenvalue weighted by molar-refractivity contribution is 9.10. The minimum Gasteiger partial charge on any atom is -0.488 e. The van der Waals surface area contributed by atoms with Gasteiger partial charge in [0.2, 0.25) is 0 Å². The first-order valence-corrected chi connectivity index (χ1v) is 9.88. The second-order valence-corrected chi connectivity index (χ2v) is 7.22. The lowest BCUT2D eigenvalue weighted by molar-refractivity contribution is -0.123. The van der Waals surface area contributed by atoms with Crippen LogP contribution in [0.4, 0.5) is 0 Å². The fourth-order valence-electron chi connectivity index (χ4n) is 2.57. The maximum atomic E-state index is 12.0. The minimum atomic E-state index is -0.336. The fourth-order valence-corrected chi connectivity index (χ4v) is 3.02. The highest BCUT2D eigenvalue weighted by Gasteiger charge is 2.05. The third kappa shape index (κ3) is 6.47. The zero-order chi connectivity index (χ0) is 20.5. The van der Waals surface area contributed by atoms with Crippen LogP contribution >= 0.6 is 15.9 Å². The van der Waals surface area contributed by atoms with Gasteiger partial charge in [-0.1, -0.05) is 58.4 Å². The summed E-state index contributed by atoms with van der Waals surface area (Å²) in [4.78, 5) is 12.0. The number of aryl methyl sites for hydroxylation is 1. The van der Waals surface area contributed by atoms with E-state index < -0.39 is 0 Å². The highest BCUT2D eigenvalue weighted by atomic mass is 79.9. The van der Waals surface area contributed by atoms with Gasteiger partial charge >= 0.3 is 0 Å². The van der Waals surface area contributed by atoms with Gasteiger partial charge in [0.15, 0.2) is 6.61 Å². The predicted molar refractivity (Wildman–Crippen MR) is 117 cm³/mol. The lowest BCUT2D eigenvalue weighted by Crippen LogP contribution is -2.24. The van der Waals surface area contributed by atoms with Gasteiger partial charge < -0.3 is 9.47 Å². The molecule has 0 aromatic heterocycles. The Labute approximate surface area is 178 Å². The third-order valence-electron chi connectivity index (χ3n) is 4.05. The molecule has 3 rings (SSSR count). The van der Waals surface area contributed by atoms with Crippen molar-refractivity contribution >= 4 is 28.1 Å². The van der Waals surface area contributed by atoms with Gasteiger partial charge in [-0.15, -0.1) is 0 Å². The first-order valence-electron chi connectivity index (χ1n) is 9.08. The van der Waals surface area contributed by atoms with E-state index in [0.29, 0.717) is 18.1 Å². The number of hydrazone groups is 1. The number of carbonyl (C=O) groups excluding carboxylic acids is 1. The molecular weight excluding hydrogens is 432 g/mol. The summed E-state index contributed by atoms with van der Waals surface area (Å²) < 4.78 is 12.4. The predicted octanol–water partition coefficient (Wildman–Crippen LogP) is 4.87. The number of ether oxygens (including phenoxy) is 2. The molecule has 0 atom stereocenters. The number of carbonyl (C=O) groups is 1. The zero-order valence-electron chi connectivity index (χ0n) is 16.0. The minimum absolute atomic E-state index is 0.108. The number of hydrogen-bond acceptors (Lipinski definition) is 4. The Morgan fingerprint density at radius 3 is 2.55 bits per heavy atom. The van der Waals surface area contributed by atoms with Crippen molar-refractivity contribution in [2.75, 3.05) is 6.61 Å². The molecule has 1 N–H and O–H groups in total. The van der Waals surface area contributed by atoms with Crippen LogP contribution < -0.4 is 14.9 Å². The number of para-hydroxylation sites is 2. The molecule has 3 aromatic rings. The number of nitrogens with one attached hydrogen (secondary N) is 1. The Morgan fingerprint density at radius 1 is 1.00 bits per heavy atom. The van der Waals surface area contributed by atoms with E-state index in [4.69, 9.17) is 9.47 Å². The van der Waals surface area contributed by atoms with E-state index in [1.165, 1.54) is 0 Å². The molecule has 29 heavy (non-hydrogen) atoms. The lowest BCUT2D eigenvalue weighted by atomic mass is 10.2. The fraction of sp³-hybridized carbons (Fsp3) is 0.130. The molecule has 0 saturated carbocycles. The van der Waals surface area contributed by atoms with Crippen LogP contribution in [-0.2, 0) is 11.4 Å². The number of benzene rings is 3. The summed E-state index contributed by atoms with van der Waals surface area (Å²) in [7, 11) is 0. The van der Waals surface area contributed by atoms with Crippen LogP contribution in [0.1, 0.15) is 16.7 Å². The van der Waals surface area contributed by atoms with Crippen molar-refractivity contribution in [2.45, 2.75) is 13.5 Å². The van der Waals surface area contributed by atoms with E-state index in [-0.39, 0.29) is 12.5 Å². The molecule has 0 heterocycles. The molecule has 0 fully saturated rings. The van der Waals surface area contributed by atoms with Crippen LogP contribution in [0.3, 0.4) is 0 Å². The Morgan fingerprint density at radius 2 is 1.76 bits per heavy atom. The van der Waals surface area contributed by atoms with E-state index in [9.17, 15) is 4.79 Å². The van der Waals surface area contributed by atoms with Crippen LogP contribution in [0.25, 0.3) is 0 Å². The summed E-state index contributed by atoms with van der Waals surface area (Å²) in [5.74, 6) is 1.02. The molecule has 6 heteroatoms. The van der Waals surface area contributed by atoms with Gasteiger partial charge in [0.05, 0.1) is 6.21 Å². The maximum Gasteiger partial charge on any atom is 0.277 e. The normalized spacial score (nSPS) is 10.7. The Hall–Kier alpha value is -3.12. The zero-order valence-corrected chi connectivity index (χ0v) is 17.6. The molecule has 0 aliphatic heterocycles. The van der Waals surface area contributed by atoms with Gasteiger partial charge in [0, 0.05) is 10.0 Å². The van der Waals surface area contributed by atoms with Crippen molar-refractivity contribution in [1.29, 1.82) is 0 Å². The number of halogens is 1. The Kier molecular flexibility index (Phi) is 7.41. The highest BCUT2D eigenvalue weighted by Crippen LogP contribution is 2.19. The summed E-state index contributed by atoms with van der Waals surface area (Å²) in [6.07, 6.45) is 1.56. The van der Waals surface area contributed by atoms with Crippen LogP contribution in [0.2, 0.25) is 0 Å². The molecule has 0 spiro atoms. The SMILES string of the molecule is Cc1ccccc1OCC(=O)N/N=C/c1ccccc1OCc1cccc(Br)c1. The van der Waals surface area contributed by atoms with Crippen molar-refractivity contribution in [1.82, 2.24) is 5.43 Å². The van der Waals surface area contributed by atoms with Gasteiger partial charge in [0.25, 0.3) is 5.91 Å². The molecular formula is C23H21BrN2O3. The van der Waals surface area contributed by atoms with Crippen LogP contribution in [-0.4, -0.2) is 18.7 Å². The van der Waals surface area contributed by atoms with Gasteiger partial charge in [-0.05, 0) is 48.4 Å². The monoisotopic (exact) mass is 452 g/mol. The van der Waals surface area contributed by atoms with E-state index in [2.05, 4.69) is 26.5 Å². The summed E-state index contributed by atoms with van der Waals surface area (Å²) in [5, 5.41) is 4.01. The Balaban J connectivity index is 1.53. The van der Waals surface area contributed by atoms with Gasteiger partial charge in [-0.3, -0.25) is 4.79 Å². The molecule has 3 aromatic carbocycles. The summed E-state index contributed by atoms with van der Waals surface area (Å²) in [6.45, 7) is 2.25. The molecule has 0 saturated heterocycles. The van der Waals surface area contributed by atoms with E-state index in [0.717, 1.165) is 21.2 Å². The molecule has 0 aliphatic carbocycles. The van der Waals surface area contributed by atoms with Crippen LogP contribution in [0.15, 0.2) is 82.4 Å². The molecule has 148 valence electrons. The van der Waals surface area contributed by atoms with E-state index in [1.807, 2.05) is 79.7 Å². The first kappa shape index (κ1) is 20.6. The van der Waals surface area contributed by atoms with E-state index in [1.54, 1.807) is 6.21 Å². The average molecular weight is 453 g/mol. The van der Waals surface area contributed by atoms with Crippen LogP contribution in [0.5, 0.6) is 11.5 Å². The van der Waals surface area contributed by atoms with Crippen molar-refractivity contribution in [3.05, 3.63) is 94.0 Å². The van der Waals surface area contributed by atoms with E-state index >= 15 is 0 Å². The van der Waals surface area contributed by atoms with Crippen molar-refractivity contribution in [2.24, 2.45) is 5.10 Å². The molecule has 1 amide bonds. The Bertz CT molecular complexity index is 1000. The number of nitrogens with zero attached hydrogens (tertiary/aromatic N) is 1. The molecule has 0 radical (unpaired) electrons.